The summed E-state index contributed by atoms with van der Waals surface area (Å²) in [6.45, 7) is 23.0. The van der Waals surface area contributed by atoms with Crippen molar-refractivity contribution in [3.05, 3.63) is 11.6 Å². The third kappa shape index (κ3) is 4.58. The number of fused-ring (bicyclic) bond motifs is 7. The van der Waals surface area contributed by atoms with Crippen LogP contribution in [0.2, 0.25) is 0 Å². The lowest BCUT2D eigenvalue weighted by molar-refractivity contribution is -0.213. The van der Waals surface area contributed by atoms with E-state index in [2.05, 4.69) is 68.4 Å². The van der Waals surface area contributed by atoms with Gasteiger partial charge in [0.2, 0.25) is 0 Å². The van der Waals surface area contributed by atoms with E-state index >= 15 is 0 Å². The van der Waals surface area contributed by atoms with E-state index in [1.54, 1.807) is 0 Å². The van der Waals surface area contributed by atoms with Crippen LogP contribution in [0.25, 0.3) is 0 Å². The lowest BCUT2D eigenvalue weighted by atomic mass is 9.33. The van der Waals surface area contributed by atoms with Crippen LogP contribution in [0, 0.1) is 56.7 Å². The van der Waals surface area contributed by atoms with Crippen LogP contribution < -0.4 is 0 Å². The largest absolute Gasteiger partial charge is 0.462 e. The summed E-state index contributed by atoms with van der Waals surface area (Å²) in [6, 6.07) is 0. The van der Waals surface area contributed by atoms with Gasteiger partial charge < -0.3 is 4.74 Å². The molecule has 0 amide bonds. The van der Waals surface area contributed by atoms with E-state index in [0.29, 0.717) is 34.0 Å². The van der Waals surface area contributed by atoms with Crippen molar-refractivity contribution < 1.29 is 9.53 Å². The molecule has 5 rings (SSSR count). The maximum Gasteiger partial charge on any atom is 0.306 e. The maximum atomic E-state index is 12.9. The summed E-state index contributed by atoms with van der Waals surface area (Å²) >= 11 is 0. The van der Waals surface area contributed by atoms with Gasteiger partial charge in [-0.25, -0.2) is 0 Å². The van der Waals surface area contributed by atoms with Crippen LogP contribution in [0.1, 0.15) is 159 Å². The lowest BCUT2D eigenvalue weighted by Gasteiger charge is -2.71. The smallest absolute Gasteiger partial charge is 0.306 e. The van der Waals surface area contributed by atoms with Crippen LogP contribution >= 0.6 is 0 Å². The molecule has 0 bridgehead atoms. The fourth-order valence-corrected chi connectivity index (χ4v) is 12.1. The molecule has 0 aromatic rings. The average molecular weight is 553 g/mol. The van der Waals surface area contributed by atoms with Gasteiger partial charge in [-0.05, 0) is 115 Å². The second-order valence-corrected chi connectivity index (χ2v) is 17.3. The third-order valence-corrected chi connectivity index (χ3v) is 15.1. The number of unbranched alkanes of at least 4 members (excludes halogenated alkanes) is 4. The quantitative estimate of drug-likeness (QED) is 0.178. The van der Waals surface area contributed by atoms with Crippen molar-refractivity contribution in [3.8, 4) is 0 Å². The van der Waals surface area contributed by atoms with Gasteiger partial charge in [0.1, 0.15) is 6.10 Å². The highest BCUT2D eigenvalue weighted by atomic mass is 16.5. The van der Waals surface area contributed by atoms with Crippen LogP contribution in [0.3, 0.4) is 0 Å². The maximum absolute atomic E-state index is 12.9. The minimum atomic E-state index is 0.0373. The zero-order valence-corrected chi connectivity index (χ0v) is 28.0. The molecule has 5 aliphatic carbocycles. The van der Waals surface area contributed by atoms with E-state index in [1.807, 2.05) is 5.57 Å². The Bertz CT molecular complexity index is 978. The minimum absolute atomic E-state index is 0.0373. The first-order valence-electron chi connectivity index (χ1n) is 17.6. The molecule has 0 unspecified atom stereocenters. The second kappa shape index (κ2) is 10.7. The van der Waals surface area contributed by atoms with E-state index in [9.17, 15) is 4.79 Å². The Morgan fingerprint density at radius 3 is 2.30 bits per heavy atom. The van der Waals surface area contributed by atoms with Crippen molar-refractivity contribution in [1.82, 2.24) is 0 Å². The fourth-order valence-electron chi connectivity index (χ4n) is 12.1. The van der Waals surface area contributed by atoms with E-state index in [-0.39, 0.29) is 17.5 Å². The molecule has 228 valence electrons. The topological polar surface area (TPSA) is 26.3 Å². The van der Waals surface area contributed by atoms with Crippen LogP contribution in [0.4, 0.5) is 0 Å². The Kier molecular flexibility index (Phi) is 8.23. The van der Waals surface area contributed by atoms with Gasteiger partial charge in [-0.3, -0.25) is 4.79 Å². The summed E-state index contributed by atoms with van der Waals surface area (Å²) in [5, 5.41) is 0. The Labute approximate surface area is 248 Å². The first-order valence-corrected chi connectivity index (χ1v) is 17.6. The van der Waals surface area contributed by atoms with Crippen LogP contribution in [-0.4, -0.2) is 12.1 Å². The monoisotopic (exact) mass is 552 g/mol. The first-order chi connectivity index (χ1) is 18.7. The van der Waals surface area contributed by atoms with Gasteiger partial charge in [-0.1, -0.05) is 99.6 Å². The molecule has 2 nitrogen and oxygen atoms in total. The number of ether oxygens (including phenoxy) is 1. The Hall–Kier alpha value is -0.790. The molecule has 0 aromatic carbocycles. The van der Waals surface area contributed by atoms with E-state index < -0.39 is 0 Å². The standard InChI is InChI=1S/C38H64O2/c1-10-11-12-13-14-15-32(39)40-31-20-22-36(7)29(34(31,4)5)19-23-38(9)30(36)17-16-28-33-27(3)26(2)18-21-35(33,6)24-25-37(28,38)8/h16,26-27,29-31,33H,10-15,17-25H2,1-9H3/t26-,27+,29+,30-,31+,33+,35-,36+,37-,38-/m1/s1. The van der Waals surface area contributed by atoms with Crippen molar-refractivity contribution in [2.24, 2.45) is 56.7 Å². The molecule has 10 atom stereocenters. The average Bonchev–Trinajstić information content (AvgIpc) is 2.89. The van der Waals surface area contributed by atoms with Gasteiger partial charge in [0.05, 0.1) is 0 Å². The highest BCUT2D eigenvalue weighted by molar-refractivity contribution is 5.69. The van der Waals surface area contributed by atoms with E-state index in [4.69, 9.17) is 4.74 Å². The zero-order valence-electron chi connectivity index (χ0n) is 28.0. The molecule has 0 aliphatic heterocycles. The molecule has 2 heteroatoms. The molecule has 40 heavy (non-hydrogen) atoms. The predicted octanol–water partition coefficient (Wildman–Crippen LogP) is 10.9. The molecule has 0 aromatic heterocycles. The summed E-state index contributed by atoms with van der Waals surface area (Å²) in [5.74, 6) is 3.81. The summed E-state index contributed by atoms with van der Waals surface area (Å²) in [4.78, 5) is 12.9. The summed E-state index contributed by atoms with van der Waals surface area (Å²) in [6.07, 6.45) is 21.2. The van der Waals surface area contributed by atoms with Gasteiger partial charge in [0.25, 0.3) is 0 Å². The van der Waals surface area contributed by atoms with Gasteiger partial charge in [-0.2, -0.15) is 0 Å². The normalized spacial score (nSPS) is 47.7. The minimum Gasteiger partial charge on any atom is -0.462 e. The number of hydrogen-bond donors (Lipinski definition) is 0. The second-order valence-electron chi connectivity index (χ2n) is 17.3. The summed E-state index contributed by atoms with van der Waals surface area (Å²) < 4.78 is 6.32. The number of carbonyl (C=O) groups is 1. The molecule has 0 radical (unpaired) electrons. The van der Waals surface area contributed by atoms with Crippen molar-refractivity contribution in [2.75, 3.05) is 0 Å². The SMILES string of the molecule is CCCCCCCC(=O)O[C@H]1CC[C@]2(C)[C@H]3CC=C4[C@@H]5[C@@H](C)[C@H](C)CC[C@]5(C)CC[C@@]4(C)[C@]3(C)CC[C@H]2C1(C)C. The third-order valence-electron chi connectivity index (χ3n) is 15.1. The van der Waals surface area contributed by atoms with Crippen molar-refractivity contribution >= 4 is 5.97 Å². The summed E-state index contributed by atoms with van der Waals surface area (Å²) in [5.41, 5.74) is 3.42. The Morgan fingerprint density at radius 2 is 1.57 bits per heavy atom. The fraction of sp³-hybridized carbons (Fsp3) is 0.921. The molecular formula is C38H64O2. The number of carbonyl (C=O) groups excluding carboxylic acids is 1. The number of hydrogen-bond acceptors (Lipinski definition) is 2. The van der Waals surface area contributed by atoms with Gasteiger partial charge in [0.15, 0.2) is 0 Å². The van der Waals surface area contributed by atoms with Crippen molar-refractivity contribution in [2.45, 2.75) is 165 Å². The van der Waals surface area contributed by atoms with Gasteiger partial charge in [-0.15, -0.1) is 0 Å². The van der Waals surface area contributed by atoms with E-state index in [0.717, 1.165) is 42.9 Å². The molecule has 4 saturated carbocycles. The Morgan fingerprint density at radius 1 is 0.850 bits per heavy atom. The molecule has 0 spiro atoms. The van der Waals surface area contributed by atoms with E-state index in [1.165, 1.54) is 70.6 Å². The molecule has 0 saturated heterocycles. The van der Waals surface area contributed by atoms with Crippen LogP contribution in [0.5, 0.6) is 0 Å². The molecule has 0 heterocycles. The highest BCUT2D eigenvalue weighted by Gasteiger charge is 2.68. The highest BCUT2D eigenvalue weighted by Crippen LogP contribution is 2.75. The number of allylic oxidation sites excluding steroid dienone is 2. The molecule has 5 aliphatic rings. The predicted molar refractivity (Wildman–Crippen MR) is 168 cm³/mol. The molecule has 0 N–H and O–H groups in total. The van der Waals surface area contributed by atoms with Gasteiger partial charge in [0, 0.05) is 11.8 Å². The molecule has 4 fully saturated rings. The van der Waals surface area contributed by atoms with Gasteiger partial charge >= 0.3 is 5.97 Å². The summed E-state index contributed by atoms with van der Waals surface area (Å²) in [7, 11) is 0. The zero-order chi connectivity index (χ0) is 29.1. The van der Waals surface area contributed by atoms with Crippen LogP contribution in [0.15, 0.2) is 11.6 Å². The number of esters is 1. The van der Waals surface area contributed by atoms with Crippen molar-refractivity contribution in [3.63, 3.8) is 0 Å². The first kappa shape index (κ1) is 30.7. The Balaban J connectivity index is 1.36. The molecular weight excluding hydrogens is 488 g/mol. The number of rotatable bonds is 7. The van der Waals surface area contributed by atoms with Crippen molar-refractivity contribution in [1.29, 1.82) is 0 Å². The lowest BCUT2D eigenvalue weighted by Crippen LogP contribution is -2.65. The van der Waals surface area contributed by atoms with Crippen LogP contribution in [-0.2, 0) is 9.53 Å².